The number of aryl methyl sites for hydroxylation is 1. The number of hydrogen-bond donors (Lipinski definition) is 2. The molecule has 7 heteroatoms. The highest BCUT2D eigenvalue weighted by molar-refractivity contribution is 6.00. The Morgan fingerprint density at radius 2 is 1.62 bits per heavy atom. The van der Waals surface area contributed by atoms with E-state index in [4.69, 9.17) is 4.74 Å². The molecule has 226 valence electrons. The Morgan fingerprint density at radius 3 is 2.26 bits per heavy atom. The number of benzene rings is 3. The smallest absolute Gasteiger partial charge is 0.408 e. The first-order valence-corrected chi connectivity index (χ1v) is 15.0. The van der Waals surface area contributed by atoms with Gasteiger partial charge in [-0.2, -0.15) is 0 Å². The number of amides is 3. The summed E-state index contributed by atoms with van der Waals surface area (Å²) in [7, 11) is 0. The van der Waals surface area contributed by atoms with Crippen LogP contribution in [0.5, 0.6) is 0 Å². The predicted molar refractivity (Wildman–Crippen MR) is 170 cm³/mol. The fourth-order valence-electron chi connectivity index (χ4n) is 5.03. The minimum Gasteiger partial charge on any atom is -0.444 e. The van der Waals surface area contributed by atoms with E-state index in [0.29, 0.717) is 18.7 Å². The van der Waals surface area contributed by atoms with Crippen molar-refractivity contribution in [2.24, 2.45) is 5.92 Å². The number of fused-ring (bicyclic) bond motifs is 1. The first-order chi connectivity index (χ1) is 19.9. The second-order valence-electron chi connectivity index (χ2n) is 12.4. The second-order valence-corrected chi connectivity index (χ2v) is 12.4. The summed E-state index contributed by atoms with van der Waals surface area (Å²) in [5.74, 6) is -0.484. The number of carbonyl (C=O) groups excluding carboxylic acids is 3. The lowest BCUT2D eigenvalue weighted by Crippen LogP contribution is -2.53. The number of rotatable bonds is 12. The molecule has 2 unspecified atom stereocenters. The van der Waals surface area contributed by atoms with E-state index in [2.05, 4.69) is 17.6 Å². The Labute approximate surface area is 251 Å². The summed E-state index contributed by atoms with van der Waals surface area (Å²) in [6.07, 6.45) is 2.36. The molecule has 42 heavy (non-hydrogen) atoms. The molecule has 0 heterocycles. The Hall–Kier alpha value is -3.87. The fraction of sp³-hybridized carbons (Fsp3) is 0.457. The lowest BCUT2D eigenvalue weighted by molar-refractivity contribution is -0.141. The van der Waals surface area contributed by atoms with Crippen LogP contribution in [0.1, 0.15) is 84.4 Å². The van der Waals surface area contributed by atoms with Gasteiger partial charge in [0.1, 0.15) is 17.7 Å². The maximum atomic E-state index is 14.4. The zero-order chi connectivity index (χ0) is 30.9. The van der Waals surface area contributed by atoms with Gasteiger partial charge >= 0.3 is 6.09 Å². The molecule has 7 nitrogen and oxygen atoms in total. The van der Waals surface area contributed by atoms with Crippen molar-refractivity contribution in [2.75, 3.05) is 11.9 Å². The fourth-order valence-corrected chi connectivity index (χ4v) is 5.03. The van der Waals surface area contributed by atoms with Crippen LogP contribution in [-0.2, 0) is 14.3 Å². The van der Waals surface area contributed by atoms with Crippen LogP contribution >= 0.6 is 0 Å². The third-order valence-corrected chi connectivity index (χ3v) is 6.92. The van der Waals surface area contributed by atoms with Crippen LogP contribution in [0.25, 0.3) is 10.8 Å². The summed E-state index contributed by atoms with van der Waals surface area (Å²) < 4.78 is 5.50. The van der Waals surface area contributed by atoms with E-state index in [1.165, 1.54) is 0 Å². The van der Waals surface area contributed by atoms with Crippen molar-refractivity contribution in [3.8, 4) is 0 Å². The van der Waals surface area contributed by atoms with Crippen LogP contribution in [0.15, 0.2) is 66.7 Å². The normalized spacial score (nSPS) is 13.0. The molecule has 3 aromatic carbocycles. The largest absolute Gasteiger partial charge is 0.444 e. The Balaban J connectivity index is 2.03. The van der Waals surface area contributed by atoms with Crippen molar-refractivity contribution >= 4 is 34.4 Å². The summed E-state index contributed by atoms with van der Waals surface area (Å²) >= 11 is 0. The van der Waals surface area contributed by atoms with Crippen molar-refractivity contribution in [1.82, 2.24) is 10.2 Å². The van der Waals surface area contributed by atoms with Crippen LogP contribution < -0.4 is 10.6 Å². The maximum Gasteiger partial charge on any atom is 0.408 e. The van der Waals surface area contributed by atoms with Gasteiger partial charge in [-0.15, -0.1) is 0 Å². The van der Waals surface area contributed by atoms with E-state index in [0.717, 1.165) is 41.2 Å². The number of anilines is 1. The van der Waals surface area contributed by atoms with Gasteiger partial charge in [-0.3, -0.25) is 9.59 Å². The molecule has 0 bridgehead atoms. The zero-order valence-corrected chi connectivity index (χ0v) is 26.2. The first-order valence-electron chi connectivity index (χ1n) is 15.0. The minimum atomic E-state index is -0.893. The first kappa shape index (κ1) is 32.6. The summed E-state index contributed by atoms with van der Waals surface area (Å²) in [5.41, 5.74) is 1.66. The Bertz CT molecular complexity index is 1360. The van der Waals surface area contributed by atoms with E-state index < -0.39 is 23.8 Å². The van der Waals surface area contributed by atoms with Crippen molar-refractivity contribution < 1.29 is 19.1 Å². The molecular formula is C35H47N3O4. The molecule has 2 N–H and O–H groups in total. The average molecular weight is 574 g/mol. The van der Waals surface area contributed by atoms with Crippen molar-refractivity contribution in [1.29, 1.82) is 0 Å². The molecule has 3 aromatic rings. The van der Waals surface area contributed by atoms with Gasteiger partial charge in [0, 0.05) is 12.2 Å². The predicted octanol–water partition coefficient (Wildman–Crippen LogP) is 7.79. The second kappa shape index (κ2) is 14.9. The van der Waals surface area contributed by atoms with Crippen LogP contribution in [0.4, 0.5) is 10.5 Å². The third kappa shape index (κ3) is 9.61. The SMILES string of the molecule is CCCCCN(C(=O)C(CC(C)C)NC(=O)OC(C)(C)C)C(C(=O)Nc1ccc2ccccc2c1)c1cccc(C)c1. The van der Waals surface area contributed by atoms with Crippen molar-refractivity contribution in [3.05, 3.63) is 77.9 Å². The minimum absolute atomic E-state index is 0.121. The van der Waals surface area contributed by atoms with Crippen LogP contribution in [0.2, 0.25) is 0 Å². The molecule has 2 atom stereocenters. The molecule has 3 amide bonds. The topological polar surface area (TPSA) is 87.7 Å². The van der Waals surface area contributed by atoms with Gasteiger partial charge in [0.15, 0.2) is 0 Å². The molecule has 0 aromatic heterocycles. The zero-order valence-electron chi connectivity index (χ0n) is 26.2. The molecule has 0 aliphatic carbocycles. The van der Waals surface area contributed by atoms with Crippen LogP contribution in [-0.4, -0.2) is 41.0 Å². The summed E-state index contributed by atoms with van der Waals surface area (Å²) in [6.45, 7) is 13.8. The Morgan fingerprint density at radius 1 is 0.905 bits per heavy atom. The van der Waals surface area contributed by atoms with E-state index >= 15 is 0 Å². The number of carbonyl (C=O) groups is 3. The average Bonchev–Trinajstić information content (AvgIpc) is 2.90. The molecule has 0 aliphatic heterocycles. The van der Waals surface area contributed by atoms with Gasteiger partial charge in [0.25, 0.3) is 5.91 Å². The van der Waals surface area contributed by atoms with E-state index in [9.17, 15) is 14.4 Å². The van der Waals surface area contributed by atoms with Crippen LogP contribution in [0.3, 0.4) is 0 Å². The third-order valence-electron chi connectivity index (χ3n) is 6.92. The molecule has 0 radical (unpaired) electrons. The van der Waals surface area contributed by atoms with Gasteiger partial charge in [-0.1, -0.05) is 93.8 Å². The molecule has 0 fully saturated rings. The van der Waals surface area contributed by atoms with Crippen molar-refractivity contribution in [3.63, 3.8) is 0 Å². The van der Waals surface area contributed by atoms with E-state index in [-0.39, 0.29) is 17.7 Å². The number of nitrogens with one attached hydrogen (secondary N) is 2. The highest BCUT2D eigenvalue weighted by Gasteiger charge is 2.36. The quantitative estimate of drug-likeness (QED) is 0.217. The van der Waals surface area contributed by atoms with Gasteiger partial charge < -0.3 is 20.3 Å². The summed E-state index contributed by atoms with van der Waals surface area (Å²) in [6, 6.07) is 19.7. The number of hydrogen-bond acceptors (Lipinski definition) is 4. The standard InChI is InChI=1S/C35H47N3O4/c1-8-9-12-20-38(33(40)30(21-24(2)3)37-34(41)42-35(5,6)7)31(28-17-13-14-25(4)22-28)32(39)36-29-19-18-26-15-10-11-16-27(26)23-29/h10-11,13-19,22-24,30-31H,8-9,12,20-21H2,1-7H3,(H,36,39)(H,37,41). The highest BCUT2D eigenvalue weighted by Crippen LogP contribution is 2.28. The Kier molecular flexibility index (Phi) is 11.5. The van der Waals surface area contributed by atoms with Gasteiger partial charge in [0.05, 0.1) is 0 Å². The molecule has 0 spiro atoms. The molecular weight excluding hydrogens is 526 g/mol. The van der Waals surface area contributed by atoms with Crippen LogP contribution in [0, 0.1) is 12.8 Å². The maximum absolute atomic E-state index is 14.4. The van der Waals surface area contributed by atoms with Crippen molar-refractivity contribution in [2.45, 2.75) is 91.8 Å². The number of unbranched alkanes of at least 4 members (excludes halogenated alkanes) is 2. The highest BCUT2D eigenvalue weighted by atomic mass is 16.6. The number of alkyl carbamates (subject to hydrolysis) is 1. The molecule has 0 saturated heterocycles. The summed E-state index contributed by atoms with van der Waals surface area (Å²) in [4.78, 5) is 43.0. The van der Waals surface area contributed by atoms with Gasteiger partial charge in [0.2, 0.25) is 5.91 Å². The van der Waals surface area contributed by atoms with Gasteiger partial charge in [-0.05, 0) is 74.9 Å². The summed E-state index contributed by atoms with van der Waals surface area (Å²) in [5, 5.41) is 7.99. The molecule has 0 aliphatic rings. The van der Waals surface area contributed by atoms with Gasteiger partial charge in [-0.25, -0.2) is 4.79 Å². The van der Waals surface area contributed by atoms with E-state index in [1.807, 2.05) is 87.5 Å². The lowest BCUT2D eigenvalue weighted by atomic mass is 9.97. The number of ether oxygens (including phenoxy) is 1. The molecule has 0 saturated carbocycles. The van der Waals surface area contributed by atoms with E-state index in [1.54, 1.807) is 25.7 Å². The number of nitrogens with zero attached hydrogens (tertiary/aromatic N) is 1. The monoisotopic (exact) mass is 573 g/mol. The molecule has 3 rings (SSSR count). The lowest BCUT2D eigenvalue weighted by Gasteiger charge is -2.35.